The molecule has 0 aliphatic carbocycles. The van der Waals surface area contributed by atoms with Gasteiger partial charge in [-0.1, -0.05) is 24.3 Å². The van der Waals surface area contributed by atoms with Gasteiger partial charge in [-0.05, 0) is 46.2 Å². The van der Waals surface area contributed by atoms with Gasteiger partial charge in [-0.3, -0.25) is 9.97 Å². The molecule has 6 rings (SSSR count). The molecule has 32 heavy (non-hydrogen) atoms. The Balaban J connectivity index is 1.36. The lowest BCUT2D eigenvalue weighted by Gasteiger charge is -2.08. The number of fused-ring (bicyclic) bond motifs is 1. The first kappa shape index (κ1) is 19.0. The molecule has 2 aromatic carbocycles. The number of pyridine rings is 2. The van der Waals surface area contributed by atoms with Crippen LogP contribution in [0, 0.1) is 0 Å². The summed E-state index contributed by atoms with van der Waals surface area (Å²) in [7, 11) is 0. The number of benzene rings is 2. The molecule has 0 aliphatic rings. The minimum absolute atomic E-state index is 0.985. The second kappa shape index (κ2) is 8.07. The van der Waals surface area contributed by atoms with Gasteiger partial charge in [0, 0.05) is 70.2 Å². The molecule has 0 unspecified atom stereocenters. The highest BCUT2D eigenvalue weighted by atomic mass is 32.1. The Bertz CT molecular complexity index is 1410. The molecule has 4 aromatic heterocycles. The van der Waals surface area contributed by atoms with Crippen LogP contribution in [0.15, 0.2) is 96.5 Å². The summed E-state index contributed by atoms with van der Waals surface area (Å²) < 4.78 is 0. The van der Waals surface area contributed by atoms with Gasteiger partial charge in [0.1, 0.15) is 10.0 Å². The molecule has 0 N–H and O–H groups in total. The van der Waals surface area contributed by atoms with Gasteiger partial charge in [-0.25, -0.2) is 9.97 Å². The predicted molar refractivity (Wildman–Crippen MR) is 133 cm³/mol. The summed E-state index contributed by atoms with van der Waals surface area (Å²) in [6.45, 7) is 0. The standard InChI is InChI=1S/C26H16N4S2/c1-3-19(21-11-23(15-27-13-21)25-29-5-7-31-25)10-18-2-4-20(9-17(1)18)22-12-24(16-28-14-22)26-30-6-8-32-26/h1-16H. The van der Waals surface area contributed by atoms with Gasteiger partial charge < -0.3 is 0 Å². The first-order chi connectivity index (χ1) is 15.8. The molecule has 0 saturated heterocycles. The van der Waals surface area contributed by atoms with Crippen molar-refractivity contribution in [3.63, 3.8) is 0 Å². The number of hydrogen-bond acceptors (Lipinski definition) is 6. The van der Waals surface area contributed by atoms with Gasteiger partial charge in [0.2, 0.25) is 0 Å². The van der Waals surface area contributed by atoms with Gasteiger partial charge in [0.05, 0.1) is 0 Å². The van der Waals surface area contributed by atoms with E-state index in [1.807, 2.05) is 47.9 Å². The molecule has 0 bridgehead atoms. The van der Waals surface area contributed by atoms with Crippen LogP contribution in [0.3, 0.4) is 0 Å². The molecule has 0 spiro atoms. The lowest BCUT2D eigenvalue weighted by atomic mass is 9.98. The fourth-order valence-electron chi connectivity index (χ4n) is 3.77. The van der Waals surface area contributed by atoms with Gasteiger partial charge in [0.25, 0.3) is 0 Å². The summed E-state index contributed by atoms with van der Waals surface area (Å²) in [6, 6.07) is 17.4. The van der Waals surface area contributed by atoms with E-state index in [9.17, 15) is 0 Å². The van der Waals surface area contributed by atoms with Crippen LogP contribution in [-0.2, 0) is 0 Å². The molecule has 0 saturated carbocycles. The van der Waals surface area contributed by atoms with Gasteiger partial charge in [0.15, 0.2) is 0 Å². The summed E-state index contributed by atoms with van der Waals surface area (Å²) in [4.78, 5) is 17.7. The highest BCUT2D eigenvalue weighted by Crippen LogP contribution is 2.32. The van der Waals surface area contributed by atoms with E-state index in [4.69, 9.17) is 0 Å². The third kappa shape index (κ3) is 3.60. The Morgan fingerprint density at radius 1 is 0.469 bits per heavy atom. The van der Waals surface area contributed by atoms with Gasteiger partial charge in [-0.2, -0.15) is 0 Å². The van der Waals surface area contributed by atoms with Crippen molar-refractivity contribution < 1.29 is 0 Å². The molecule has 4 heterocycles. The van der Waals surface area contributed by atoms with Crippen LogP contribution in [0.2, 0.25) is 0 Å². The van der Waals surface area contributed by atoms with Crippen molar-refractivity contribution in [1.82, 2.24) is 19.9 Å². The maximum atomic E-state index is 4.44. The Kier molecular flexibility index (Phi) is 4.79. The van der Waals surface area contributed by atoms with Crippen LogP contribution >= 0.6 is 22.7 Å². The van der Waals surface area contributed by atoms with Crippen molar-refractivity contribution in [2.75, 3.05) is 0 Å². The van der Waals surface area contributed by atoms with E-state index in [0.29, 0.717) is 0 Å². The summed E-state index contributed by atoms with van der Waals surface area (Å²) in [6.07, 6.45) is 11.2. The van der Waals surface area contributed by atoms with Gasteiger partial charge in [-0.15, -0.1) is 22.7 Å². The summed E-state index contributed by atoms with van der Waals surface area (Å²) >= 11 is 3.24. The van der Waals surface area contributed by atoms with Crippen molar-refractivity contribution in [3.8, 4) is 43.4 Å². The van der Waals surface area contributed by atoms with Crippen LogP contribution in [-0.4, -0.2) is 19.9 Å². The molecular formula is C26H16N4S2. The van der Waals surface area contributed by atoms with Crippen LogP contribution in [0.25, 0.3) is 54.2 Å². The van der Waals surface area contributed by atoms with E-state index < -0.39 is 0 Å². The second-order valence-electron chi connectivity index (χ2n) is 7.38. The number of thiazole rings is 2. The van der Waals surface area contributed by atoms with Crippen LogP contribution < -0.4 is 0 Å². The molecule has 152 valence electrons. The van der Waals surface area contributed by atoms with Crippen molar-refractivity contribution in [1.29, 1.82) is 0 Å². The summed E-state index contributed by atoms with van der Waals surface area (Å²) in [5.74, 6) is 0. The smallest absolute Gasteiger partial charge is 0.124 e. The van der Waals surface area contributed by atoms with E-state index in [1.54, 1.807) is 22.7 Å². The monoisotopic (exact) mass is 448 g/mol. The fraction of sp³-hybridized carbons (Fsp3) is 0. The lowest BCUT2D eigenvalue weighted by Crippen LogP contribution is -1.86. The van der Waals surface area contributed by atoms with Crippen molar-refractivity contribution in [2.45, 2.75) is 0 Å². The molecule has 6 heteroatoms. The number of aromatic nitrogens is 4. The number of hydrogen-bond donors (Lipinski definition) is 0. The lowest BCUT2D eigenvalue weighted by molar-refractivity contribution is 1.31. The highest BCUT2D eigenvalue weighted by Gasteiger charge is 2.08. The van der Waals surface area contributed by atoms with Gasteiger partial charge >= 0.3 is 0 Å². The molecule has 0 atom stereocenters. The van der Waals surface area contributed by atoms with E-state index in [1.165, 1.54) is 10.8 Å². The average molecular weight is 449 g/mol. The van der Waals surface area contributed by atoms with E-state index in [0.717, 1.165) is 43.4 Å². The quantitative estimate of drug-likeness (QED) is 0.286. The molecule has 6 aromatic rings. The number of nitrogens with zero attached hydrogens (tertiary/aromatic N) is 4. The predicted octanol–water partition coefficient (Wildman–Crippen LogP) is 7.21. The third-order valence-corrected chi connectivity index (χ3v) is 6.99. The van der Waals surface area contributed by atoms with Crippen LogP contribution in [0.1, 0.15) is 0 Å². The van der Waals surface area contributed by atoms with E-state index in [2.05, 4.69) is 68.5 Å². The summed E-state index contributed by atoms with van der Waals surface area (Å²) in [5, 5.41) is 8.32. The largest absolute Gasteiger partial charge is 0.263 e. The molecular weight excluding hydrogens is 432 g/mol. The van der Waals surface area contributed by atoms with Crippen molar-refractivity contribution in [3.05, 3.63) is 96.5 Å². The highest BCUT2D eigenvalue weighted by molar-refractivity contribution is 7.13. The second-order valence-corrected chi connectivity index (χ2v) is 9.16. The average Bonchev–Trinajstić information content (AvgIpc) is 3.59. The molecule has 4 nitrogen and oxygen atoms in total. The Hall–Kier alpha value is -3.74. The molecule has 0 radical (unpaired) electrons. The SMILES string of the molecule is c1csc(-c2cncc(-c3ccc4cc(-c5cncc(-c6nccs6)c5)ccc4c3)c2)n1. The maximum absolute atomic E-state index is 4.44. The zero-order chi connectivity index (χ0) is 21.3. The minimum Gasteiger partial charge on any atom is -0.263 e. The topological polar surface area (TPSA) is 51.6 Å². The first-order valence-electron chi connectivity index (χ1n) is 10.1. The fourth-order valence-corrected chi connectivity index (χ4v) is 5.01. The van der Waals surface area contributed by atoms with Crippen LogP contribution in [0.4, 0.5) is 0 Å². The normalized spacial score (nSPS) is 11.1. The Labute approximate surface area is 193 Å². The molecule has 0 aliphatic heterocycles. The van der Waals surface area contributed by atoms with E-state index >= 15 is 0 Å². The zero-order valence-corrected chi connectivity index (χ0v) is 18.5. The Morgan fingerprint density at radius 2 is 0.938 bits per heavy atom. The summed E-state index contributed by atoms with van der Waals surface area (Å²) in [5.41, 5.74) is 6.54. The third-order valence-electron chi connectivity index (χ3n) is 5.34. The van der Waals surface area contributed by atoms with Crippen molar-refractivity contribution >= 4 is 33.4 Å². The first-order valence-corrected chi connectivity index (χ1v) is 11.8. The van der Waals surface area contributed by atoms with Crippen molar-refractivity contribution in [2.24, 2.45) is 0 Å². The number of rotatable bonds is 4. The van der Waals surface area contributed by atoms with Crippen LogP contribution in [0.5, 0.6) is 0 Å². The zero-order valence-electron chi connectivity index (χ0n) is 16.8. The molecule has 0 amide bonds. The van der Waals surface area contributed by atoms with E-state index in [-0.39, 0.29) is 0 Å². The maximum Gasteiger partial charge on any atom is 0.124 e. The molecule has 0 fully saturated rings. The Morgan fingerprint density at radius 3 is 1.38 bits per heavy atom. The minimum atomic E-state index is 0.985.